The summed E-state index contributed by atoms with van der Waals surface area (Å²) in [7, 11) is 0. The summed E-state index contributed by atoms with van der Waals surface area (Å²) in [5.74, 6) is 0.618. The molecular weight excluding hydrogens is 424 g/mol. The number of phenols is 1. The Morgan fingerprint density at radius 3 is 2.50 bits per heavy atom. The lowest BCUT2D eigenvalue weighted by atomic mass is 10.2. The van der Waals surface area contributed by atoms with Crippen LogP contribution in [0.2, 0.25) is 0 Å². The van der Waals surface area contributed by atoms with Crippen LogP contribution in [0.4, 0.5) is 4.79 Å². The van der Waals surface area contributed by atoms with Crippen LogP contribution in [0, 0.1) is 20.8 Å². The molecule has 1 aliphatic heterocycles. The van der Waals surface area contributed by atoms with E-state index in [1.807, 2.05) is 67.8 Å². The van der Waals surface area contributed by atoms with Crippen LogP contribution in [-0.2, 0) is 4.79 Å². The van der Waals surface area contributed by atoms with Gasteiger partial charge in [0.1, 0.15) is 18.1 Å². The molecule has 1 aliphatic rings. The molecule has 4 rings (SSSR count). The van der Waals surface area contributed by atoms with Crippen molar-refractivity contribution in [2.75, 3.05) is 13.2 Å². The molecule has 7 heteroatoms. The second kappa shape index (κ2) is 8.96. The third-order valence-electron chi connectivity index (χ3n) is 5.31. The van der Waals surface area contributed by atoms with Gasteiger partial charge >= 0.3 is 0 Å². The Labute approximate surface area is 191 Å². The van der Waals surface area contributed by atoms with Gasteiger partial charge in [0.15, 0.2) is 0 Å². The van der Waals surface area contributed by atoms with Crippen molar-refractivity contribution >= 4 is 29.0 Å². The normalized spacial score (nSPS) is 15.1. The van der Waals surface area contributed by atoms with E-state index in [1.54, 1.807) is 18.2 Å². The molecule has 1 fully saturated rings. The second-order valence-corrected chi connectivity index (χ2v) is 8.67. The molecule has 1 saturated heterocycles. The van der Waals surface area contributed by atoms with Crippen molar-refractivity contribution in [3.63, 3.8) is 0 Å². The highest BCUT2D eigenvalue weighted by Crippen LogP contribution is 2.33. The Morgan fingerprint density at radius 1 is 1.03 bits per heavy atom. The smallest absolute Gasteiger partial charge is 0.293 e. The number of carbonyl (C=O) groups excluding carboxylic acids is 2. The van der Waals surface area contributed by atoms with Gasteiger partial charge in [-0.05, 0) is 92.2 Å². The predicted octanol–water partition coefficient (Wildman–Crippen LogP) is 5.22. The number of aromatic nitrogens is 1. The van der Waals surface area contributed by atoms with Gasteiger partial charge in [0, 0.05) is 17.1 Å². The summed E-state index contributed by atoms with van der Waals surface area (Å²) in [6.45, 7) is 6.36. The maximum absolute atomic E-state index is 12.9. The Balaban J connectivity index is 1.49. The average Bonchev–Trinajstić information content (AvgIpc) is 3.18. The first kappa shape index (κ1) is 21.8. The maximum atomic E-state index is 12.9. The minimum Gasteiger partial charge on any atom is -0.508 e. The summed E-state index contributed by atoms with van der Waals surface area (Å²) >= 11 is 0.948. The average molecular weight is 449 g/mol. The molecule has 0 atom stereocenters. The molecule has 2 amide bonds. The third-order valence-corrected chi connectivity index (χ3v) is 6.22. The van der Waals surface area contributed by atoms with E-state index in [0.717, 1.165) is 40.0 Å². The predicted molar refractivity (Wildman–Crippen MR) is 126 cm³/mol. The molecule has 1 N–H and O–H groups in total. The second-order valence-electron chi connectivity index (χ2n) is 7.68. The van der Waals surface area contributed by atoms with Crippen LogP contribution in [0.5, 0.6) is 11.5 Å². The van der Waals surface area contributed by atoms with E-state index in [9.17, 15) is 14.7 Å². The highest BCUT2D eigenvalue weighted by atomic mass is 32.2. The van der Waals surface area contributed by atoms with E-state index in [2.05, 4.69) is 0 Å². The van der Waals surface area contributed by atoms with Gasteiger partial charge in [0.05, 0.1) is 11.4 Å². The van der Waals surface area contributed by atoms with Crippen LogP contribution < -0.4 is 4.74 Å². The fourth-order valence-electron chi connectivity index (χ4n) is 3.73. The molecule has 0 spiro atoms. The van der Waals surface area contributed by atoms with Crippen molar-refractivity contribution in [1.82, 2.24) is 9.47 Å². The maximum Gasteiger partial charge on any atom is 0.293 e. The standard InChI is InChI=1S/C25H24N2O4S/c1-16-5-4-6-22(13-16)31-12-11-26-24(29)23(32-25(26)30)15-19-14-17(2)27(18(19)3)20-7-9-21(28)10-8-20/h4-10,13-15,28H,11-12H2,1-3H3/b23-15-. The number of carbonyl (C=O) groups is 2. The molecule has 2 heterocycles. The fraction of sp³-hybridized carbons (Fsp3) is 0.200. The van der Waals surface area contributed by atoms with Gasteiger partial charge in [-0.3, -0.25) is 14.5 Å². The summed E-state index contributed by atoms with van der Waals surface area (Å²) < 4.78 is 7.75. The highest BCUT2D eigenvalue weighted by molar-refractivity contribution is 8.18. The van der Waals surface area contributed by atoms with E-state index in [-0.39, 0.29) is 30.0 Å². The van der Waals surface area contributed by atoms with Crippen LogP contribution in [0.1, 0.15) is 22.5 Å². The van der Waals surface area contributed by atoms with Gasteiger partial charge in [-0.2, -0.15) is 0 Å². The molecule has 1 aromatic heterocycles. The number of hydrogen-bond donors (Lipinski definition) is 1. The number of amides is 2. The van der Waals surface area contributed by atoms with E-state index in [0.29, 0.717) is 10.7 Å². The van der Waals surface area contributed by atoms with E-state index in [1.165, 1.54) is 4.90 Å². The lowest BCUT2D eigenvalue weighted by molar-refractivity contribution is -0.123. The molecule has 164 valence electrons. The summed E-state index contributed by atoms with van der Waals surface area (Å²) in [6, 6.07) is 16.6. The van der Waals surface area contributed by atoms with Gasteiger partial charge in [-0.25, -0.2) is 0 Å². The largest absolute Gasteiger partial charge is 0.508 e. The third kappa shape index (κ3) is 4.43. The van der Waals surface area contributed by atoms with Crippen LogP contribution in [-0.4, -0.2) is 38.9 Å². The first-order chi connectivity index (χ1) is 15.3. The van der Waals surface area contributed by atoms with E-state index < -0.39 is 0 Å². The molecule has 0 bridgehead atoms. The summed E-state index contributed by atoms with van der Waals surface area (Å²) in [6.07, 6.45) is 1.77. The zero-order valence-electron chi connectivity index (χ0n) is 18.2. The number of imide groups is 1. The number of ether oxygens (including phenoxy) is 1. The summed E-state index contributed by atoms with van der Waals surface area (Å²) in [4.78, 5) is 26.9. The monoisotopic (exact) mass is 448 g/mol. The van der Waals surface area contributed by atoms with Crippen molar-refractivity contribution in [3.05, 3.63) is 82.0 Å². The molecule has 32 heavy (non-hydrogen) atoms. The molecule has 0 unspecified atom stereocenters. The van der Waals surface area contributed by atoms with Gasteiger partial charge < -0.3 is 14.4 Å². The zero-order valence-corrected chi connectivity index (χ0v) is 19.0. The molecule has 6 nitrogen and oxygen atoms in total. The number of aromatic hydroxyl groups is 1. The van der Waals surface area contributed by atoms with Crippen molar-refractivity contribution in [1.29, 1.82) is 0 Å². The van der Waals surface area contributed by atoms with Crippen molar-refractivity contribution in [2.24, 2.45) is 0 Å². The lowest BCUT2D eigenvalue weighted by Crippen LogP contribution is -2.32. The van der Waals surface area contributed by atoms with E-state index >= 15 is 0 Å². The number of hydrogen-bond acceptors (Lipinski definition) is 5. The Morgan fingerprint density at radius 2 is 1.78 bits per heavy atom. The minimum absolute atomic E-state index is 0.197. The number of nitrogens with zero attached hydrogens (tertiary/aromatic N) is 2. The summed E-state index contributed by atoms with van der Waals surface area (Å²) in [5, 5.41) is 9.26. The fourth-order valence-corrected chi connectivity index (χ4v) is 4.58. The Hall–Kier alpha value is -3.45. The molecule has 0 saturated carbocycles. The molecule has 3 aromatic rings. The lowest BCUT2D eigenvalue weighted by Gasteiger charge is -2.13. The van der Waals surface area contributed by atoms with Gasteiger partial charge in [0.25, 0.3) is 11.1 Å². The number of thioether (sulfide) groups is 1. The number of aryl methyl sites for hydroxylation is 2. The Kier molecular flexibility index (Phi) is 6.10. The first-order valence-corrected chi connectivity index (χ1v) is 11.1. The van der Waals surface area contributed by atoms with E-state index in [4.69, 9.17) is 4.74 Å². The first-order valence-electron chi connectivity index (χ1n) is 10.3. The zero-order chi connectivity index (χ0) is 22.8. The number of phenolic OH excluding ortho intramolecular Hbond substituents is 1. The van der Waals surface area contributed by atoms with Crippen molar-refractivity contribution in [3.8, 4) is 17.2 Å². The van der Waals surface area contributed by atoms with Crippen LogP contribution >= 0.6 is 11.8 Å². The molecule has 2 aromatic carbocycles. The molecular formula is C25H24N2O4S. The molecule has 0 radical (unpaired) electrons. The highest BCUT2D eigenvalue weighted by Gasteiger charge is 2.35. The van der Waals surface area contributed by atoms with Crippen LogP contribution in [0.25, 0.3) is 11.8 Å². The van der Waals surface area contributed by atoms with Crippen LogP contribution in [0.3, 0.4) is 0 Å². The topological polar surface area (TPSA) is 71.8 Å². The number of benzene rings is 2. The SMILES string of the molecule is Cc1cccc(OCCN2C(=O)S/C(=C\c3cc(C)n(-c4ccc(O)cc4)c3C)C2=O)c1. The quantitative estimate of drug-likeness (QED) is 0.523. The minimum atomic E-state index is -0.303. The molecule has 0 aliphatic carbocycles. The van der Waals surface area contributed by atoms with Gasteiger partial charge in [0.2, 0.25) is 0 Å². The van der Waals surface area contributed by atoms with Crippen LogP contribution in [0.15, 0.2) is 59.5 Å². The Bertz CT molecular complexity index is 1210. The number of rotatable bonds is 6. The van der Waals surface area contributed by atoms with Gasteiger partial charge in [-0.1, -0.05) is 12.1 Å². The van der Waals surface area contributed by atoms with Crippen molar-refractivity contribution < 1.29 is 19.4 Å². The van der Waals surface area contributed by atoms with Crippen molar-refractivity contribution in [2.45, 2.75) is 20.8 Å². The summed E-state index contributed by atoms with van der Waals surface area (Å²) in [5.41, 5.74) is 4.81. The van der Waals surface area contributed by atoms with Gasteiger partial charge in [-0.15, -0.1) is 0 Å².